The number of hydrogen-bond acceptors (Lipinski definition) is 5. The Balaban J connectivity index is 2.20. The van der Waals surface area contributed by atoms with E-state index in [4.69, 9.17) is 0 Å². The highest BCUT2D eigenvalue weighted by molar-refractivity contribution is 7.98. The van der Waals surface area contributed by atoms with Crippen molar-refractivity contribution in [2.45, 2.75) is 4.90 Å². The van der Waals surface area contributed by atoms with Crippen molar-refractivity contribution >= 4 is 23.1 Å². The highest BCUT2D eigenvalue weighted by atomic mass is 32.2. The predicted molar refractivity (Wildman–Crippen MR) is 81.2 cm³/mol. The first-order valence-corrected chi connectivity index (χ1v) is 7.98. The van der Waals surface area contributed by atoms with Crippen molar-refractivity contribution in [2.75, 3.05) is 6.26 Å². The van der Waals surface area contributed by atoms with E-state index in [1.807, 2.05) is 48.0 Å². The average molecular weight is 298 g/mol. The Morgan fingerprint density at radius 2 is 2.20 bits per heavy atom. The second-order valence-corrected chi connectivity index (χ2v) is 5.82. The molecule has 0 aliphatic heterocycles. The van der Waals surface area contributed by atoms with Crippen LogP contribution >= 0.6 is 23.1 Å². The standard InChI is InChI=1S/C14H10N4S2/c1-19-11-5-2-4-10(8-11)18-14(12(9-15)16-17-18)13-6-3-7-20-13/h2-8H,1H3. The van der Waals surface area contributed by atoms with Crippen LogP contribution in [0.2, 0.25) is 0 Å². The minimum atomic E-state index is 0.349. The molecule has 0 saturated carbocycles. The highest BCUT2D eigenvalue weighted by Crippen LogP contribution is 2.29. The summed E-state index contributed by atoms with van der Waals surface area (Å²) in [5, 5.41) is 19.3. The number of thiophene rings is 1. The lowest BCUT2D eigenvalue weighted by molar-refractivity contribution is 0.805. The van der Waals surface area contributed by atoms with Gasteiger partial charge in [0.1, 0.15) is 11.8 Å². The molecule has 0 aliphatic carbocycles. The van der Waals surface area contributed by atoms with Crippen molar-refractivity contribution in [1.82, 2.24) is 15.0 Å². The molecule has 3 aromatic rings. The van der Waals surface area contributed by atoms with Gasteiger partial charge >= 0.3 is 0 Å². The van der Waals surface area contributed by atoms with Gasteiger partial charge in [0.2, 0.25) is 0 Å². The predicted octanol–water partition coefficient (Wildman–Crippen LogP) is 3.59. The summed E-state index contributed by atoms with van der Waals surface area (Å²) in [5.74, 6) is 0. The maximum Gasteiger partial charge on any atom is 0.191 e. The molecule has 0 saturated heterocycles. The summed E-state index contributed by atoms with van der Waals surface area (Å²) in [5.41, 5.74) is 2.01. The maximum absolute atomic E-state index is 9.21. The summed E-state index contributed by atoms with van der Waals surface area (Å²) in [6, 6.07) is 14.1. The molecular formula is C14H10N4S2. The molecule has 4 nitrogen and oxygen atoms in total. The molecule has 0 aliphatic rings. The molecular weight excluding hydrogens is 288 g/mol. The summed E-state index contributed by atoms with van der Waals surface area (Å²) in [6.07, 6.45) is 2.03. The van der Waals surface area contributed by atoms with Gasteiger partial charge in [0.05, 0.1) is 10.6 Å². The van der Waals surface area contributed by atoms with Gasteiger partial charge in [-0.25, -0.2) is 4.68 Å². The first kappa shape index (κ1) is 12.9. The second kappa shape index (κ2) is 5.49. The van der Waals surface area contributed by atoms with Crippen LogP contribution in [0.15, 0.2) is 46.7 Å². The van der Waals surface area contributed by atoms with Gasteiger partial charge in [-0.15, -0.1) is 28.2 Å². The Morgan fingerprint density at radius 1 is 1.30 bits per heavy atom. The van der Waals surface area contributed by atoms with Crippen molar-refractivity contribution < 1.29 is 0 Å². The third-order valence-corrected chi connectivity index (χ3v) is 4.43. The molecule has 1 aromatic carbocycles. The smallest absolute Gasteiger partial charge is 0.191 e. The van der Waals surface area contributed by atoms with E-state index in [1.54, 1.807) is 27.8 Å². The van der Waals surface area contributed by atoms with E-state index in [9.17, 15) is 5.26 Å². The van der Waals surface area contributed by atoms with Gasteiger partial charge < -0.3 is 0 Å². The second-order valence-electron chi connectivity index (χ2n) is 3.99. The van der Waals surface area contributed by atoms with Gasteiger partial charge in [-0.3, -0.25) is 0 Å². The highest BCUT2D eigenvalue weighted by Gasteiger charge is 2.17. The topological polar surface area (TPSA) is 54.5 Å². The van der Waals surface area contributed by atoms with Crippen LogP contribution in [0.25, 0.3) is 16.3 Å². The summed E-state index contributed by atoms with van der Waals surface area (Å²) in [6.45, 7) is 0. The number of rotatable bonds is 3. The fourth-order valence-electron chi connectivity index (χ4n) is 1.91. The third kappa shape index (κ3) is 2.22. The fourth-order valence-corrected chi connectivity index (χ4v) is 3.12. The molecule has 0 N–H and O–H groups in total. The Kier molecular flexibility index (Phi) is 3.54. The monoisotopic (exact) mass is 298 g/mol. The van der Waals surface area contributed by atoms with Crippen molar-refractivity contribution in [1.29, 1.82) is 5.26 Å². The number of nitriles is 1. The molecule has 2 heterocycles. The van der Waals surface area contributed by atoms with Crippen LogP contribution in [-0.2, 0) is 0 Å². The number of nitrogens with zero attached hydrogens (tertiary/aromatic N) is 4. The molecule has 0 bridgehead atoms. The number of thioether (sulfide) groups is 1. The van der Waals surface area contributed by atoms with Crippen LogP contribution in [-0.4, -0.2) is 21.2 Å². The van der Waals surface area contributed by atoms with E-state index in [-0.39, 0.29) is 0 Å². The van der Waals surface area contributed by atoms with Crippen molar-refractivity contribution in [3.63, 3.8) is 0 Å². The Labute approximate surface area is 124 Å². The van der Waals surface area contributed by atoms with Gasteiger partial charge in [-0.2, -0.15) is 5.26 Å². The average Bonchev–Trinajstić information content (AvgIpc) is 3.15. The summed E-state index contributed by atoms with van der Waals surface area (Å²) >= 11 is 3.24. The van der Waals surface area contributed by atoms with Crippen molar-refractivity contribution in [3.8, 4) is 22.3 Å². The van der Waals surface area contributed by atoms with E-state index in [2.05, 4.69) is 16.4 Å². The summed E-state index contributed by atoms with van der Waals surface area (Å²) < 4.78 is 1.73. The largest absolute Gasteiger partial charge is 0.211 e. The van der Waals surface area contributed by atoms with Crippen LogP contribution in [0.3, 0.4) is 0 Å². The number of benzene rings is 1. The van der Waals surface area contributed by atoms with Gasteiger partial charge in [0.15, 0.2) is 5.69 Å². The zero-order chi connectivity index (χ0) is 13.9. The van der Waals surface area contributed by atoms with Gasteiger partial charge in [-0.05, 0) is 35.9 Å². The van der Waals surface area contributed by atoms with E-state index in [0.29, 0.717) is 5.69 Å². The molecule has 20 heavy (non-hydrogen) atoms. The van der Waals surface area contributed by atoms with Crippen molar-refractivity contribution in [3.05, 3.63) is 47.5 Å². The third-order valence-electron chi connectivity index (χ3n) is 2.83. The van der Waals surface area contributed by atoms with Crippen LogP contribution in [0.1, 0.15) is 5.69 Å². The number of hydrogen-bond donors (Lipinski definition) is 0. The lowest BCUT2D eigenvalue weighted by Crippen LogP contribution is -1.99. The van der Waals surface area contributed by atoms with E-state index in [0.717, 1.165) is 21.2 Å². The molecule has 0 atom stereocenters. The summed E-state index contributed by atoms with van der Waals surface area (Å²) in [7, 11) is 0. The minimum absolute atomic E-state index is 0.349. The Morgan fingerprint density at radius 3 is 2.90 bits per heavy atom. The molecule has 98 valence electrons. The normalized spacial score (nSPS) is 10.4. The molecule has 3 rings (SSSR count). The van der Waals surface area contributed by atoms with Crippen LogP contribution in [0, 0.1) is 11.3 Å². The molecule has 0 unspecified atom stereocenters. The molecule has 0 radical (unpaired) electrons. The van der Waals surface area contributed by atoms with E-state index < -0.39 is 0 Å². The van der Waals surface area contributed by atoms with Crippen molar-refractivity contribution in [2.24, 2.45) is 0 Å². The summed E-state index contributed by atoms with van der Waals surface area (Å²) in [4.78, 5) is 2.13. The Bertz CT molecular complexity index is 769. The van der Waals surface area contributed by atoms with Crippen LogP contribution in [0.5, 0.6) is 0 Å². The quantitative estimate of drug-likeness (QED) is 0.693. The molecule has 0 fully saturated rings. The van der Waals surface area contributed by atoms with Crippen LogP contribution in [0.4, 0.5) is 0 Å². The van der Waals surface area contributed by atoms with Gasteiger partial charge in [0, 0.05) is 4.90 Å². The zero-order valence-electron chi connectivity index (χ0n) is 10.6. The number of aromatic nitrogens is 3. The molecule has 0 spiro atoms. The SMILES string of the molecule is CSc1cccc(-n2nnc(C#N)c2-c2cccs2)c1. The first-order chi connectivity index (χ1) is 9.83. The lowest BCUT2D eigenvalue weighted by Gasteiger charge is -2.06. The first-order valence-electron chi connectivity index (χ1n) is 5.87. The minimum Gasteiger partial charge on any atom is -0.211 e. The maximum atomic E-state index is 9.21. The van der Waals surface area contributed by atoms with E-state index in [1.165, 1.54) is 0 Å². The fraction of sp³-hybridized carbons (Fsp3) is 0.0714. The van der Waals surface area contributed by atoms with Gasteiger partial charge in [0.25, 0.3) is 0 Å². The molecule has 2 aromatic heterocycles. The lowest BCUT2D eigenvalue weighted by atomic mass is 10.2. The zero-order valence-corrected chi connectivity index (χ0v) is 12.3. The van der Waals surface area contributed by atoms with Gasteiger partial charge in [-0.1, -0.05) is 17.3 Å². The molecule has 0 amide bonds. The van der Waals surface area contributed by atoms with Crippen LogP contribution < -0.4 is 0 Å². The Hall–Kier alpha value is -2.10. The van der Waals surface area contributed by atoms with E-state index >= 15 is 0 Å². The molecule has 6 heteroatoms.